The molecule has 4 aromatic rings. The number of likely N-dealkylation sites (N-methyl/N-ethyl adjacent to an activating group) is 1. The van der Waals surface area contributed by atoms with Gasteiger partial charge in [0, 0.05) is 68.8 Å². The Labute approximate surface area is 184 Å². The molecule has 0 atom stereocenters. The molecule has 10 nitrogen and oxygen atoms in total. The Hall–Kier alpha value is -3.92. The van der Waals surface area contributed by atoms with Gasteiger partial charge >= 0.3 is 0 Å². The summed E-state index contributed by atoms with van der Waals surface area (Å²) in [7, 11) is 3.97. The van der Waals surface area contributed by atoms with Gasteiger partial charge in [0.05, 0.1) is 11.9 Å². The number of carbonyl (C=O) groups is 1. The van der Waals surface area contributed by atoms with Gasteiger partial charge in [-0.2, -0.15) is 5.10 Å². The minimum absolute atomic E-state index is 0.307. The van der Waals surface area contributed by atoms with E-state index in [-0.39, 0.29) is 5.91 Å². The van der Waals surface area contributed by atoms with Crippen LogP contribution in [0.5, 0.6) is 0 Å². The van der Waals surface area contributed by atoms with Crippen molar-refractivity contribution < 1.29 is 4.79 Å². The van der Waals surface area contributed by atoms with Gasteiger partial charge in [-0.1, -0.05) is 0 Å². The maximum atomic E-state index is 12.8. The van der Waals surface area contributed by atoms with E-state index in [0.29, 0.717) is 11.5 Å². The molecular weight excluding hydrogens is 406 g/mol. The Morgan fingerprint density at radius 3 is 2.50 bits per heavy atom. The first-order valence-electron chi connectivity index (χ1n) is 10.4. The molecule has 10 heteroatoms. The molecule has 0 aromatic carbocycles. The van der Waals surface area contributed by atoms with Crippen molar-refractivity contribution in [2.45, 2.75) is 0 Å². The van der Waals surface area contributed by atoms with Crippen LogP contribution in [0.15, 0.2) is 49.3 Å². The highest BCUT2D eigenvalue weighted by Gasteiger charge is 2.18. The summed E-state index contributed by atoms with van der Waals surface area (Å²) in [5.41, 5.74) is 2.04. The van der Waals surface area contributed by atoms with E-state index in [9.17, 15) is 4.79 Å². The lowest BCUT2D eigenvalue weighted by atomic mass is 10.1. The molecule has 0 aliphatic carbocycles. The summed E-state index contributed by atoms with van der Waals surface area (Å²) >= 11 is 0. The van der Waals surface area contributed by atoms with E-state index in [1.165, 1.54) is 6.33 Å². The fraction of sp³-hybridized carbons (Fsp3) is 0.273. The average Bonchev–Trinajstić information content (AvgIpc) is 3.25. The first kappa shape index (κ1) is 20.0. The van der Waals surface area contributed by atoms with Crippen molar-refractivity contribution in [3.8, 4) is 11.3 Å². The summed E-state index contributed by atoms with van der Waals surface area (Å²) < 4.78 is 1.73. The maximum absolute atomic E-state index is 12.8. The van der Waals surface area contributed by atoms with Gasteiger partial charge < -0.3 is 15.1 Å². The van der Waals surface area contributed by atoms with E-state index in [0.717, 1.165) is 54.0 Å². The van der Waals surface area contributed by atoms with Crippen LogP contribution in [0.1, 0.15) is 10.5 Å². The molecule has 0 spiro atoms. The summed E-state index contributed by atoms with van der Waals surface area (Å²) in [6.07, 6.45) is 8.57. The number of hydrogen-bond acceptors (Lipinski definition) is 8. The van der Waals surface area contributed by atoms with Crippen LogP contribution in [-0.4, -0.2) is 73.8 Å². The Balaban J connectivity index is 1.36. The molecule has 0 saturated carbocycles. The number of aryl methyl sites for hydroxylation is 1. The third kappa shape index (κ3) is 4.12. The second-order valence-corrected chi connectivity index (χ2v) is 7.89. The molecule has 1 aliphatic rings. The lowest BCUT2D eigenvalue weighted by Crippen LogP contribution is -2.44. The van der Waals surface area contributed by atoms with Gasteiger partial charge in [0.25, 0.3) is 5.91 Å². The Morgan fingerprint density at radius 2 is 1.72 bits per heavy atom. The highest BCUT2D eigenvalue weighted by atomic mass is 16.1. The standard InChI is InChI=1S/C22H23N9O/c1-29-3-5-31(6-4-29)21-9-19(25-14-26-21)22(32)28-20-8-15-7-18(17-12-27-30(2)13-17)23-10-16(15)11-24-20/h7-14H,3-6H2,1-2H3,(H,24,28,32). The highest BCUT2D eigenvalue weighted by Crippen LogP contribution is 2.23. The quantitative estimate of drug-likeness (QED) is 0.524. The van der Waals surface area contributed by atoms with Crippen LogP contribution in [0, 0.1) is 0 Å². The third-order valence-corrected chi connectivity index (χ3v) is 5.56. The molecule has 32 heavy (non-hydrogen) atoms. The second kappa shape index (κ2) is 8.31. The first-order valence-corrected chi connectivity index (χ1v) is 10.4. The van der Waals surface area contributed by atoms with Crippen molar-refractivity contribution in [1.82, 2.24) is 34.6 Å². The van der Waals surface area contributed by atoms with Crippen LogP contribution in [0.25, 0.3) is 22.0 Å². The zero-order valence-electron chi connectivity index (χ0n) is 17.9. The van der Waals surface area contributed by atoms with Crippen molar-refractivity contribution in [2.75, 3.05) is 43.4 Å². The molecule has 5 heterocycles. The molecule has 1 fully saturated rings. The van der Waals surface area contributed by atoms with E-state index in [2.05, 4.69) is 47.2 Å². The van der Waals surface area contributed by atoms with Crippen LogP contribution in [0.3, 0.4) is 0 Å². The normalized spacial score (nSPS) is 14.6. The van der Waals surface area contributed by atoms with E-state index in [1.807, 2.05) is 25.4 Å². The topological polar surface area (TPSA) is 105 Å². The van der Waals surface area contributed by atoms with Crippen molar-refractivity contribution >= 4 is 28.3 Å². The van der Waals surface area contributed by atoms with E-state index in [4.69, 9.17) is 0 Å². The van der Waals surface area contributed by atoms with E-state index < -0.39 is 0 Å². The Kier molecular flexibility index (Phi) is 5.20. The van der Waals surface area contributed by atoms with Gasteiger partial charge in [-0.05, 0) is 24.6 Å². The van der Waals surface area contributed by atoms with Crippen molar-refractivity contribution in [3.05, 3.63) is 55.0 Å². The van der Waals surface area contributed by atoms with Crippen LogP contribution in [0.2, 0.25) is 0 Å². The number of anilines is 2. The second-order valence-electron chi connectivity index (χ2n) is 7.89. The molecule has 1 amide bonds. The van der Waals surface area contributed by atoms with E-state index in [1.54, 1.807) is 29.3 Å². The van der Waals surface area contributed by atoms with E-state index >= 15 is 0 Å². The largest absolute Gasteiger partial charge is 0.354 e. The van der Waals surface area contributed by atoms with Gasteiger partial charge in [0.2, 0.25) is 0 Å². The molecule has 1 aliphatic heterocycles. The van der Waals surface area contributed by atoms with Crippen molar-refractivity contribution in [1.29, 1.82) is 0 Å². The third-order valence-electron chi connectivity index (χ3n) is 5.56. The number of pyridine rings is 2. The number of aromatic nitrogens is 6. The fourth-order valence-electron chi connectivity index (χ4n) is 3.68. The summed E-state index contributed by atoms with van der Waals surface area (Å²) in [4.78, 5) is 34.6. The summed E-state index contributed by atoms with van der Waals surface area (Å²) in [5.74, 6) is 0.888. The average molecular weight is 429 g/mol. The molecule has 1 N–H and O–H groups in total. The van der Waals surface area contributed by atoms with Crippen LogP contribution in [0.4, 0.5) is 11.6 Å². The smallest absolute Gasteiger partial charge is 0.275 e. The minimum atomic E-state index is -0.323. The number of nitrogens with zero attached hydrogens (tertiary/aromatic N) is 8. The molecule has 0 unspecified atom stereocenters. The zero-order chi connectivity index (χ0) is 22.1. The molecule has 5 rings (SSSR count). The summed E-state index contributed by atoms with van der Waals surface area (Å²) in [6, 6.07) is 5.52. The molecule has 1 saturated heterocycles. The van der Waals surface area contributed by atoms with Crippen molar-refractivity contribution in [2.24, 2.45) is 7.05 Å². The van der Waals surface area contributed by atoms with Gasteiger partial charge in [-0.3, -0.25) is 14.5 Å². The van der Waals surface area contributed by atoms with Crippen LogP contribution >= 0.6 is 0 Å². The number of nitrogens with one attached hydrogen (secondary N) is 1. The Morgan fingerprint density at radius 1 is 0.906 bits per heavy atom. The summed E-state index contributed by atoms with van der Waals surface area (Å²) in [5, 5.41) is 8.85. The molecular formula is C22H23N9O. The fourth-order valence-corrected chi connectivity index (χ4v) is 3.68. The lowest BCUT2D eigenvalue weighted by molar-refractivity contribution is 0.102. The highest BCUT2D eigenvalue weighted by molar-refractivity contribution is 6.03. The predicted octanol–water partition coefficient (Wildman–Crippen LogP) is 1.82. The zero-order valence-corrected chi connectivity index (χ0v) is 17.9. The van der Waals surface area contributed by atoms with Gasteiger partial charge in [0.15, 0.2) is 0 Å². The molecule has 4 aromatic heterocycles. The SMILES string of the molecule is CN1CCN(c2cc(C(=O)Nc3cc4cc(-c5cnn(C)c5)ncc4cn3)ncn2)CC1. The molecule has 0 bridgehead atoms. The number of rotatable bonds is 4. The van der Waals surface area contributed by atoms with Crippen LogP contribution < -0.4 is 10.2 Å². The number of fused-ring (bicyclic) bond motifs is 1. The number of amides is 1. The van der Waals surface area contributed by atoms with Crippen LogP contribution in [-0.2, 0) is 7.05 Å². The van der Waals surface area contributed by atoms with Gasteiger partial charge in [-0.25, -0.2) is 15.0 Å². The van der Waals surface area contributed by atoms with Gasteiger partial charge in [-0.15, -0.1) is 0 Å². The lowest BCUT2D eigenvalue weighted by Gasteiger charge is -2.33. The minimum Gasteiger partial charge on any atom is -0.354 e. The van der Waals surface area contributed by atoms with Gasteiger partial charge in [0.1, 0.15) is 23.7 Å². The monoisotopic (exact) mass is 429 g/mol. The number of piperazine rings is 1. The number of hydrogen-bond donors (Lipinski definition) is 1. The maximum Gasteiger partial charge on any atom is 0.275 e. The predicted molar refractivity (Wildman–Crippen MR) is 121 cm³/mol. The summed E-state index contributed by atoms with van der Waals surface area (Å²) in [6.45, 7) is 3.66. The molecule has 0 radical (unpaired) electrons. The number of carbonyl (C=O) groups excluding carboxylic acids is 1. The first-order chi connectivity index (χ1) is 15.5. The molecule has 162 valence electrons. The Bertz CT molecular complexity index is 1280. The van der Waals surface area contributed by atoms with Crippen molar-refractivity contribution in [3.63, 3.8) is 0 Å².